The Balaban J connectivity index is 1.61. The van der Waals surface area contributed by atoms with Gasteiger partial charge in [0.1, 0.15) is 12.6 Å². The zero-order valence-electron chi connectivity index (χ0n) is 15.4. The van der Waals surface area contributed by atoms with E-state index in [1.807, 2.05) is 0 Å². The van der Waals surface area contributed by atoms with Gasteiger partial charge in [-0.25, -0.2) is 4.79 Å². The summed E-state index contributed by atoms with van der Waals surface area (Å²) in [7, 11) is 0. The molecule has 0 spiro atoms. The van der Waals surface area contributed by atoms with E-state index in [0.29, 0.717) is 16.8 Å². The first-order chi connectivity index (χ1) is 13.9. The highest BCUT2D eigenvalue weighted by Gasteiger charge is 2.39. The second-order valence-electron chi connectivity index (χ2n) is 6.56. The first kappa shape index (κ1) is 20.3. The lowest BCUT2D eigenvalue weighted by Crippen LogP contribution is -2.52. The molecule has 5 amide bonds. The van der Waals surface area contributed by atoms with Crippen molar-refractivity contribution in [2.75, 3.05) is 25.1 Å². The van der Waals surface area contributed by atoms with Crippen molar-refractivity contribution in [2.45, 2.75) is 25.4 Å². The van der Waals surface area contributed by atoms with Crippen molar-refractivity contribution < 1.29 is 33.8 Å². The van der Waals surface area contributed by atoms with Crippen molar-refractivity contribution in [3.8, 4) is 0 Å². The Bertz CT molecular complexity index is 870. The summed E-state index contributed by atoms with van der Waals surface area (Å²) < 4.78 is 5.10. The van der Waals surface area contributed by atoms with E-state index >= 15 is 0 Å². The lowest BCUT2D eigenvalue weighted by molar-refractivity contribution is -0.137. The van der Waals surface area contributed by atoms with Crippen molar-refractivity contribution in [3.05, 3.63) is 29.3 Å². The largest absolute Gasteiger partial charge is 0.465 e. The van der Waals surface area contributed by atoms with Crippen LogP contribution in [0.15, 0.2) is 18.2 Å². The molecule has 11 heteroatoms. The molecule has 0 bridgehead atoms. The number of nitrogens with zero attached hydrogens (tertiary/aromatic N) is 1. The van der Waals surface area contributed by atoms with E-state index in [9.17, 15) is 24.0 Å². The maximum atomic E-state index is 12.7. The standard InChI is InChI=1S/C18H20N4O7/c23-14-5-4-13(16(25)21-14)22-8-11-10(17(22)26)2-1-3-12(11)20-15(24)9-29-7-6-19-18(27)28/h1-3,13,19H,4-9H2,(H,20,24)(H,27,28)(H,21,23,25). The van der Waals surface area contributed by atoms with Gasteiger partial charge >= 0.3 is 6.09 Å². The lowest BCUT2D eigenvalue weighted by atomic mass is 10.0. The van der Waals surface area contributed by atoms with Crippen molar-refractivity contribution in [1.82, 2.24) is 15.5 Å². The molecule has 1 aromatic rings. The van der Waals surface area contributed by atoms with Crippen LogP contribution in [0.3, 0.4) is 0 Å². The van der Waals surface area contributed by atoms with Gasteiger partial charge in [0, 0.05) is 36.3 Å². The number of amides is 5. The molecule has 1 aromatic carbocycles. The number of rotatable bonds is 7. The van der Waals surface area contributed by atoms with Gasteiger partial charge in [-0.1, -0.05) is 6.07 Å². The SMILES string of the molecule is O=C(O)NCCOCC(=O)Nc1cccc2c1CN(C1CCC(=O)NC1=O)C2=O. The van der Waals surface area contributed by atoms with Crippen LogP contribution in [0.1, 0.15) is 28.8 Å². The fourth-order valence-corrected chi connectivity index (χ4v) is 3.28. The number of benzene rings is 1. The molecule has 0 saturated carbocycles. The first-order valence-electron chi connectivity index (χ1n) is 8.97. The molecule has 1 unspecified atom stereocenters. The summed E-state index contributed by atoms with van der Waals surface area (Å²) in [4.78, 5) is 60.0. The van der Waals surface area contributed by atoms with Crippen molar-refractivity contribution in [1.29, 1.82) is 0 Å². The molecule has 0 radical (unpaired) electrons. The highest BCUT2D eigenvalue weighted by atomic mass is 16.5. The van der Waals surface area contributed by atoms with Crippen LogP contribution >= 0.6 is 0 Å². The number of carbonyl (C=O) groups is 5. The van der Waals surface area contributed by atoms with Crippen LogP contribution in [0.4, 0.5) is 10.5 Å². The number of anilines is 1. The summed E-state index contributed by atoms with van der Waals surface area (Å²) in [5.74, 6) is -1.65. The Kier molecular flexibility index (Phi) is 6.07. The van der Waals surface area contributed by atoms with E-state index in [4.69, 9.17) is 9.84 Å². The molecule has 11 nitrogen and oxygen atoms in total. The summed E-state index contributed by atoms with van der Waals surface area (Å²) in [5.41, 5.74) is 1.41. The van der Waals surface area contributed by atoms with Crippen LogP contribution in [0.2, 0.25) is 0 Å². The normalized spacial score (nSPS) is 18.3. The highest BCUT2D eigenvalue weighted by molar-refractivity contribution is 6.06. The third kappa shape index (κ3) is 4.69. The van der Waals surface area contributed by atoms with Gasteiger partial charge in [0.25, 0.3) is 5.91 Å². The van der Waals surface area contributed by atoms with Gasteiger partial charge in [-0.2, -0.15) is 0 Å². The number of ether oxygens (including phenoxy) is 1. The van der Waals surface area contributed by atoms with Crippen LogP contribution < -0.4 is 16.0 Å². The zero-order chi connectivity index (χ0) is 21.0. The molecule has 0 aliphatic carbocycles. The first-order valence-corrected chi connectivity index (χ1v) is 8.97. The Hall–Kier alpha value is -3.47. The fraction of sp³-hybridized carbons (Fsp3) is 0.389. The molecule has 29 heavy (non-hydrogen) atoms. The summed E-state index contributed by atoms with van der Waals surface area (Å²) in [6, 6.07) is 4.15. The van der Waals surface area contributed by atoms with Crippen LogP contribution in [0, 0.1) is 0 Å². The van der Waals surface area contributed by atoms with E-state index in [2.05, 4.69) is 16.0 Å². The maximum Gasteiger partial charge on any atom is 0.404 e. The van der Waals surface area contributed by atoms with Gasteiger partial charge in [-0.15, -0.1) is 0 Å². The number of nitrogens with one attached hydrogen (secondary N) is 3. The van der Waals surface area contributed by atoms with Crippen molar-refractivity contribution in [2.24, 2.45) is 0 Å². The number of piperidine rings is 1. The van der Waals surface area contributed by atoms with E-state index < -0.39 is 23.9 Å². The molecule has 0 aromatic heterocycles. The van der Waals surface area contributed by atoms with Gasteiger partial charge < -0.3 is 25.4 Å². The Morgan fingerprint density at radius 3 is 2.79 bits per heavy atom. The number of hydrogen-bond donors (Lipinski definition) is 4. The number of carboxylic acid groups (broad SMARTS) is 1. The van der Waals surface area contributed by atoms with Gasteiger partial charge in [-0.05, 0) is 18.6 Å². The topological polar surface area (TPSA) is 154 Å². The van der Waals surface area contributed by atoms with Gasteiger partial charge in [0.2, 0.25) is 17.7 Å². The molecule has 1 atom stereocenters. The molecule has 4 N–H and O–H groups in total. The Morgan fingerprint density at radius 2 is 2.07 bits per heavy atom. The molecule has 2 aliphatic heterocycles. The Labute approximate surface area is 165 Å². The molecule has 1 fully saturated rings. The summed E-state index contributed by atoms with van der Waals surface area (Å²) in [6.07, 6.45) is -0.762. The maximum absolute atomic E-state index is 12.7. The number of hydrogen-bond acceptors (Lipinski definition) is 6. The quantitative estimate of drug-likeness (QED) is 0.358. The van der Waals surface area contributed by atoms with Gasteiger partial charge in [0.15, 0.2) is 0 Å². The summed E-state index contributed by atoms with van der Waals surface area (Å²) in [5, 5.41) is 15.5. The van der Waals surface area contributed by atoms with E-state index in [0.717, 1.165) is 0 Å². The monoisotopic (exact) mass is 404 g/mol. The third-order valence-electron chi connectivity index (χ3n) is 4.61. The minimum atomic E-state index is -1.18. The zero-order valence-corrected chi connectivity index (χ0v) is 15.4. The Morgan fingerprint density at radius 1 is 1.28 bits per heavy atom. The third-order valence-corrected chi connectivity index (χ3v) is 4.61. The predicted octanol–water partition coefficient (Wildman–Crippen LogP) is -0.330. The van der Waals surface area contributed by atoms with Crippen LogP contribution in [0.25, 0.3) is 0 Å². The van der Waals surface area contributed by atoms with E-state index in [-0.39, 0.29) is 51.0 Å². The van der Waals surface area contributed by atoms with Crippen LogP contribution in [0.5, 0.6) is 0 Å². The fourth-order valence-electron chi connectivity index (χ4n) is 3.28. The molecular weight excluding hydrogens is 384 g/mol. The summed E-state index contributed by atoms with van der Waals surface area (Å²) >= 11 is 0. The molecular formula is C18H20N4O7. The highest BCUT2D eigenvalue weighted by Crippen LogP contribution is 2.32. The number of imide groups is 1. The average molecular weight is 404 g/mol. The van der Waals surface area contributed by atoms with Gasteiger partial charge in [-0.3, -0.25) is 24.5 Å². The van der Waals surface area contributed by atoms with Crippen LogP contribution in [-0.4, -0.2) is 65.5 Å². The predicted molar refractivity (Wildman–Crippen MR) is 98.0 cm³/mol. The summed E-state index contributed by atoms with van der Waals surface area (Å²) in [6.45, 7) is -0.0524. The number of fused-ring (bicyclic) bond motifs is 1. The van der Waals surface area contributed by atoms with Gasteiger partial charge in [0.05, 0.1) is 6.61 Å². The van der Waals surface area contributed by atoms with Crippen LogP contribution in [-0.2, 0) is 25.7 Å². The second kappa shape index (κ2) is 8.69. The minimum Gasteiger partial charge on any atom is -0.465 e. The molecule has 1 saturated heterocycles. The smallest absolute Gasteiger partial charge is 0.404 e. The molecule has 2 heterocycles. The van der Waals surface area contributed by atoms with Crippen molar-refractivity contribution >= 4 is 35.4 Å². The molecule has 154 valence electrons. The molecule has 3 rings (SSSR count). The second-order valence-corrected chi connectivity index (χ2v) is 6.56. The van der Waals surface area contributed by atoms with E-state index in [1.54, 1.807) is 18.2 Å². The van der Waals surface area contributed by atoms with E-state index in [1.165, 1.54) is 4.90 Å². The minimum absolute atomic E-state index is 0.0361. The number of carbonyl (C=O) groups excluding carboxylic acids is 4. The van der Waals surface area contributed by atoms with Crippen molar-refractivity contribution in [3.63, 3.8) is 0 Å². The lowest BCUT2D eigenvalue weighted by Gasteiger charge is -2.29. The molecule has 2 aliphatic rings. The average Bonchev–Trinajstić information content (AvgIpc) is 2.99.